The average Bonchev–Trinajstić information content (AvgIpc) is 2.42. The van der Waals surface area contributed by atoms with Crippen molar-refractivity contribution in [3.8, 4) is 0 Å². The molecule has 5 heteroatoms. The normalized spacial score (nSPS) is 18.1. The molecule has 0 spiro atoms. The molecule has 1 saturated heterocycles. The summed E-state index contributed by atoms with van der Waals surface area (Å²) in [7, 11) is 0. The van der Waals surface area contributed by atoms with Crippen molar-refractivity contribution in [3.63, 3.8) is 0 Å². The predicted molar refractivity (Wildman–Crippen MR) is 81.4 cm³/mol. The fourth-order valence-electron chi connectivity index (χ4n) is 2.19. The maximum absolute atomic E-state index is 12.3. The van der Waals surface area contributed by atoms with E-state index in [0.717, 1.165) is 36.3 Å². The van der Waals surface area contributed by atoms with Gasteiger partial charge in [-0.2, -0.15) is 0 Å². The number of anilines is 1. The molecule has 1 heterocycles. The summed E-state index contributed by atoms with van der Waals surface area (Å²) in [6.45, 7) is 7.73. The van der Waals surface area contributed by atoms with Crippen molar-refractivity contribution in [3.05, 3.63) is 28.2 Å². The van der Waals surface area contributed by atoms with Crippen LogP contribution in [0.1, 0.15) is 12.5 Å². The highest BCUT2D eigenvalue weighted by Crippen LogP contribution is 2.23. The lowest BCUT2D eigenvalue weighted by Crippen LogP contribution is -2.51. The Morgan fingerprint density at radius 2 is 2.11 bits per heavy atom. The number of piperazine rings is 1. The van der Waals surface area contributed by atoms with E-state index < -0.39 is 0 Å². The van der Waals surface area contributed by atoms with Crippen LogP contribution in [0.2, 0.25) is 0 Å². The third-order valence-corrected chi connectivity index (χ3v) is 4.12. The van der Waals surface area contributed by atoms with E-state index in [1.165, 1.54) is 5.56 Å². The SMILES string of the molecule is Cc1ccc(NC(=O)C(C)N2CCNCC2)c(Br)c1. The van der Waals surface area contributed by atoms with Gasteiger partial charge >= 0.3 is 0 Å². The minimum atomic E-state index is -0.102. The summed E-state index contributed by atoms with van der Waals surface area (Å²) < 4.78 is 0.924. The number of hydrogen-bond acceptors (Lipinski definition) is 3. The molecule has 1 aliphatic rings. The first-order chi connectivity index (χ1) is 9.08. The second kappa shape index (κ2) is 6.50. The van der Waals surface area contributed by atoms with Gasteiger partial charge in [0.1, 0.15) is 0 Å². The lowest BCUT2D eigenvalue weighted by molar-refractivity contribution is -0.120. The number of carbonyl (C=O) groups is 1. The van der Waals surface area contributed by atoms with E-state index in [0.29, 0.717) is 0 Å². The Labute approximate surface area is 122 Å². The Kier molecular flexibility index (Phi) is 4.96. The smallest absolute Gasteiger partial charge is 0.241 e. The molecule has 19 heavy (non-hydrogen) atoms. The number of halogens is 1. The van der Waals surface area contributed by atoms with Gasteiger partial charge in [-0.05, 0) is 47.5 Å². The summed E-state index contributed by atoms with van der Waals surface area (Å²) in [6, 6.07) is 5.83. The molecule has 4 nitrogen and oxygen atoms in total. The summed E-state index contributed by atoms with van der Waals surface area (Å²) in [5.74, 6) is 0.0476. The lowest BCUT2D eigenvalue weighted by atomic mass is 10.2. The molecule has 0 aromatic heterocycles. The molecule has 0 bridgehead atoms. The van der Waals surface area contributed by atoms with Crippen LogP contribution in [0.15, 0.2) is 22.7 Å². The lowest BCUT2D eigenvalue weighted by Gasteiger charge is -2.31. The molecule has 0 saturated carbocycles. The van der Waals surface area contributed by atoms with Crippen LogP contribution in [0.4, 0.5) is 5.69 Å². The highest BCUT2D eigenvalue weighted by Gasteiger charge is 2.22. The van der Waals surface area contributed by atoms with Crippen LogP contribution in [-0.2, 0) is 4.79 Å². The molecule has 1 fully saturated rings. The predicted octanol–water partition coefficient (Wildman–Crippen LogP) is 1.99. The molecular weight excluding hydrogens is 306 g/mol. The van der Waals surface area contributed by atoms with E-state index in [-0.39, 0.29) is 11.9 Å². The summed E-state index contributed by atoms with van der Waals surface area (Å²) in [6.07, 6.45) is 0. The molecule has 0 radical (unpaired) electrons. The summed E-state index contributed by atoms with van der Waals surface area (Å²) in [5, 5.41) is 6.28. The largest absolute Gasteiger partial charge is 0.324 e. The first kappa shape index (κ1) is 14.5. The standard InChI is InChI=1S/C14H20BrN3O/c1-10-3-4-13(12(15)9-10)17-14(19)11(2)18-7-5-16-6-8-18/h3-4,9,11,16H,5-8H2,1-2H3,(H,17,19). The van der Waals surface area contributed by atoms with Crippen LogP contribution in [0, 0.1) is 6.92 Å². The zero-order valence-electron chi connectivity index (χ0n) is 11.4. The van der Waals surface area contributed by atoms with Gasteiger partial charge in [0.2, 0.25) is 5.91 Å². The van der Waals surface area contributed by atoms with E-state index in [1.807, 2.05) is 32.0 Å². The van der Waals surface area contributed by atoms with Gasteiger partial charge in [-0.1, -0.05) is 6.07 Å². The number of rotatable bonds is 3. The van der Waals surface area contributed by atoms with Crippen molar-refractivity contribution in [2.45, 2.75) is 19.9 Å². The van der Waals surface area contributed by atoms with Gasteiger partial charge in [0, 0.05) is 30.7 Å². The van der Waals surface area contributed by atoms with Crippen LogP contribution in [0.5, 0.6) is 0 Å². The van der Waals surface area contributed by atoms with Crippen molar-refractivity contribution in [2.24, 2.45) is 0 Å². The Morgan fingerprint density at radius 3 is 2.74 bits per heavy atom. The minimum Gasteiger partial charge on any atom is -0.324 e. The molecule has 1 amide bonds. The first-order valence-corrected chi connectivity index (χ1v) is 7.39. The number of nitrogens with one attached hydrogen (secondary N) is 2. The highest BCUT2D eigenvalue weighted by atomic mass is 79.9. The quantitative estimate of drug-likeness (QED) is 0.893. The molecule has 1 unspecified atom stereocenters. The second-order valence-electron chi connectivity index (χ2n) is 4.93. The van der Waals surface area contributed by atoms with E-state index in [9.17, 15) is 4.79 Å². The Hall–Kier alpha value is -0.910. The van der Waals surface area contributed by atoms with Gasteiger partial charge in [0.05, 0.1) is 11.7 Å². The van der Waals surface area contributed by atoms with Crippen molar-refractivity contribution in [2.75, 3.05) is 31.5 Å². The number of aryl methyl sites for hydroxylation is 1. The molecule has 1 aromatic carbocycles. The Morgan fingerprint density at radius 1 is 1.42 bits per heavy atom. The Bertz CT molecular complexity index is 458. The monoisotopic (exact) mass is 325 g/mol. The number of amides is 1. The van der Waals surface area contributed by atoms with Crippen LogP contribution in [0.3, 0.4) is 0 Å². The summed E-state index contributed by atoms with van der Waals surface area (Å²) in [4.78, 5) is 14.5. The summed E-state index contributed by atoms with van der Waals surface area (Å²) in [5.41, 5.74) is 2.00. The molecule has 2 N–H and O–H groups in total. The fourth-order valence-corrected chi connectivity index (χ4v) is 2.79. The zero-order valence-corrected chi connectivity index (χ0v) is 13.0. The maximum atomic E-state index is 12.3. The van der Waals surface area contributed by atoms with Gasteiger partial charge in [0.15, 0.2) is 0 Å². The van der Waals surface area contributed by atoms with E-state index in [2.05, 4.69) is 31.5 Å². The van der Waals surface area contributed by atoms with Gasteiger partial charge in [0.25, 0.3) is 0 Å². The third kappa shape index (κ3) is 3.78. The number of nitrogens with zero attached hydrogens (tertiary/aromatic N) is 1. The number of carbonyl (C=O) groups excluding carboxylic acids is 1. The molecule has 1 aliphatic heterocycles. The van der Waals surface area contributed by atoms with Gasteiger partial charge in [-0.15, -0.1) is 0 Å². The van der Waals surface area contributed by atoms with E-state index in [4.69, 9.17) is 0 Å². The highest BCUT2D eigenvalue weighted by molar-refractivity contribution is 9.10. The minimum absolute atomic E-state index is 0.0476. The zero-order chi connectivity index (χ0) is 13.8. The first-order valence-electron chi connectivity index (χ1n) is 6.59. The van der Waals surface area contributed by atoms with Crippen molar-refractivity contribution in [1.29, 1.82) is 0 Å². The van der Waals surface area contributed by atoms with Gasteiger partial charge in [-0.3, -0.25) is 9.69 Å². The van der Waals surface area contributed by atoms with Crippen LogP contribution in [0.25, 0.3) is 0 Å². The van der Waals surface area contributed by atoms with Crippen LogP contribution >= 0.6 is 15.9 Å². The summed E-state index contributed by atoms with van der Waals surface area (Å²) >= 11 is 3.48. The second-order valence-corrected chi connectivity index (χ2v) is 5.79. The van der Waals surface area contributed by atoms with E-state index in [1.54, 1.807) is 0 Å². The van der Waals surface area contributed by atoms with Gasteiger partial charge < -0.3 is 10.6 Å². The molecular formula is C14H20BrN3O. The van der Waals surface area contributed by atoms with Crippen LogP contribution < -0.4 is 10.6 Å². The molecule has 0 aliphatic carbocycles. The van der Waals surface area contributed by atoms with Crippen molar-refractivity contribution >= 4 is 27.5 Å². The molecule has 1 atom stereocenters. The van der Waals surface area contributed by atoms with Crippen molar-refractivity contribution in [1.82, 2.24) is 10.2 Å². The molecule has 1 aromatic rings. The maximum Gasteiger partial charge on any atom is 0.241 e. The Balaban J connectivity index is 1.99. The average molecular weight is 326 g/mol. The van der Waals surface area contributed by atoms with Crippen molar-refractivity contribution < 1.29 is 4.79 Å². The van der Waals surface area contributed by atoms with Crippen LogP contribution in [-0.4, -0.2) is 43.0 Å². The third-order valence-electron chi connectivity index (χ3n) is 3.46. The molecule has 2 rings (SSSR count). The molecule has 104 valence electrons. The number of hydrogen-bond donors (Lipinski definition) is 2. The fraction of sp³-hybridized carbons (Fsp3) is 0.500. The van der Waals surface area contributed by atoms with Gasteiger partial charge in [-0.25, -0.2) is 0 Å². The number of benzene rings is 1. The van der Waals surface area contributed by atoms with E-state index >= 15 is 0 Å². The topological polar surface area (TPSA) is 44.4 Å².